The van der Waals surface area contributed by atoms with Gasteiger partial charge in [-0.2, -0.15) is 0 Å². The molecule has 2 bridgehead atoms. The van der Waals surface area contributed by atoms with Gasteiger partial charge in [-0.1, -0.05) is 24.3 Å². The van der Waals surface area contributed by atoms with Gasteiger partial charge in [0.2, 0.25) is 0 Å². The van der Waals surface area contributed by atoms with Gasteiger partial charge in [0.1, 0.15) is 11.6 Å². The molecule has 0 amide bonds. The summed E-state index contributed by atoms with van der Waals surface area (Å²) in [4.78, 5) is 13.3. The van der Waals surface area contributed by atoms with Crippen LogP contribution in [-0.4, -0.2) is 27.6 Å². The summed E-state index contributed by atoms with van der Waals surface area (Å²) in [6, 6.07) is 10.6. The Morgan fingerprint density at radius 2 is 1.84 bits per heavy atom. The Kier molecular flexibility index (Phi) is 4.25. The number of nitrogens with zero attached hydrogens (tertiary/aromatic N) is 1. The van der Waals surface area contributed by atoms with E-state index in [4.69, 9.17) is 5.11 Å². The van der Waals surface area contributed by atoms with Crippen molar-refractivity contribution in [2.75, 3.05) is 0 Å². The second kappa shape index (κ2) is 6.85. The lowest BCUT2D eigenvalue weighted by Gasteiger charge is -2.70. The molecular formula is C27H25F2NO2. The summed E-state index contributed by atoms with van der Waals surface area (Å²) in [6.07, 6.45) is 7.11. The lowest BCUT2D eigenvalue weighted by atomic mass is 9.48. The molecule has 3 saturated carbocycles. The van der Waals surface area contributed by atoms with E-state index in [9.17, 15) is 4.79 Å². The number of hydrogen-bond donors (Lipinski definition) is 1. The highest BCUT2D eigenvalue weighted by Gasteiger charge is 2.63. The van der Waals surface area contributed by atoms with Crippen molar-refractivity contribution in [2.45, 2.75) is 56.7 Å². The van der Waals surface area contributed by atoms with Crippen LogP contribution in [-0.2, 0) is 11.2 Å². The van der Waals surface area contributed by atoms with Crippen LogP contribution < -0.4 is 0 Å². The number of rotatable bonds is 4. The Morgan fingerprint density at radius 3 is 2.47 bits per heavy atom. The molecule has 0 saturated heterocycles. The number of benzene rings is 2. The Labute approximate surface area is 186 Å². The second-order valence-electron chi connectivity index (χ2n) is 9.97. The molecule has 4 aliphatic carbocycles. The van der Waals surface area contributed by atoms with Gasteiger partial charge in [0.05, 0.1) is 6.04 Å². The van der Waals surface area contributed by atoms with E-state index in [0.29, 0.717) is 0 Å². The van der Waals surface area contributed by atoms with Gasteiger partial charge in [-0.05, 0) is 91.0 Å². The van der Waals surface area contributed by atoms with Gasteiger partial charge in [-0.25, -0.2) is 13.6 Å². The van der Waals surface area contributed by atoms with Crippen LogP contribution in [0.5, 0.6) is 0 Å². The normalized spacial score (nSPS) is 30.7. The fraction of sp³-hybridized carbons (Fsp3) is 0.370. The van der Waals surface area contributed by atoms with Gasteiger partial charge < -0.3 is 5.11 Å². The molecule has 2 atom stereocenters. The van der Waals surface area contributed by atoms with Crippen LogP contribution in [0.3, 0.4) is 0 Å². The van der Waals surface area contributed by atoms with E-state index in [0.717, 1.165) is 49.7 Å². The maximum Gasteiger partial charge on any atom is 0.328 e. The number of carbonyl (C=O) groups is 1. The van der Waals surface area contributed by atoms with Gasteiger partial charge in [0.15, 0.2) is 0 Å². The van der Waals surface area contributed by atoms with Gasteiger partial charge in [0, 0.05) is 23.2 Å². The molecule has 5 aliphatic rings. The van der Waals surface area contributed by atoms with Crippen LogP contribution in [0.15, 0.2) is 48.0 Å². The minimum Gasteiger partial charge on any atom is -0.478 e. The summed E-state index contributed by atoms with van der Waals surface area (Å²) in [7, 11) is 0. The van der Waals surface area contributed by atoms with E-state index in [-0.39, 0.29) is 22.7 Å². The standard InChI is InChI=1S/C27H25F2NO2/c1-15-8-20-19-5-3-2-4-18(19)11-21(20)26(30(15)27-12-17(13-27)14-27)25-22(28)9-16(10-23(25)29)6-7-24(31)32/h2-7,9-10,15,17,26H,8,11-14H2,1H3,(H,31,32)/b7-6+/t15-,17?,26-,27?/m1/s1. The third kappa shape index (κ3) is 2.77. The maximum absolute atomic E-state index is 15.6. The Bertz CT molecular complexity index is 1170. The number of carboxylic acid groups (broad SMARTS) is 1. The van der Waals surface area contributed by atoms with Crippen molar-refractivity contribution in [2.24, 2.45) is 5.92 Å². The average Bonchev–Trinajstić information content (AvgIpc) is 3.04. The quantitative estimate of drug-likeness (QED) is 0.623. The molecular weight excluding hydrogens is 408 g/mol. The third-order valence-electron chi connectivity index (χ3n) is 8.04. The fourth-order valence-electron chi connectivity index (χ4n) is 6.71. The topological polar surface area (TPSA) is 40.5 Å². The van der Waals surface area contributed by atoms with Crippen molar-refractivity contribution in [3.8, 4) is 0 Å². The predicted octanol–water partition coefficient (Wildman–Crippen LogP) is 5.76. The highest BCUT2D eigenvalue weighted by Crippen LogP contribution is 2.65. The van der Waals surface area contributed by atoms with Crippen LogP contribution >= 0.6 is 0 Å². The van der Waals surface area contributed by atoms with Crippen LogP contribution in [0.2, 0.25) is 0 Å². The summed E-state index contributed by atoms with van der Waals surface area (Å²) >= 11 is 0. The zero-order valence-electron chi connectivity index (χ0n) is 17.9. The largest absolute Gasteiger partial charge is 0.478 e. The summed E-state index contributed by atoms with van der Waals surface area (Å²) in [6.45, 7) is 2.19. The first-order valence-electron chi connectivity index (χ1n) is 11.3. The molecule has 32 heavy (non-hydrogen) atoms. The zero-order valence-corrected chi connectivity index (χ0v) is 17.9. The molecule has 2 aromatic rings. The van der Waals surface area contributed by atoms with E-state index in [1.165, 1.54) is 34.9 Å². The predicted molar refractivity (Wildman–Crippen MR) is 119 cm³/mol. The monoisotopic (exact) mass is 433 g/mol. The molecule has 0 spiro atoms. The summed E-state index contributed by atoms with van der Waals surface area (Å²) in [5.41, 5.74) is 5.21. The number of hydrogen-bond acceptors (Lipinski definition) is 2. The summed E-state index contributed by atoms with van der Waals surface area (Å²) < 4.78 is 31.1. The third-order valence-corrected chi connectivity index (χ3v) is 8.04. The maximum atomic E-state index is 15.6. The lowest BCUT2D eigenvalue weighted by Crippen LogP contribution is -2.71. The number of halogens is 2. The van der Waals surface area contributed by atoms with Crippen molar-refractivity contribution < 1.29 is 18.7 Å². The first-order chi connectivity index (χ1) is 15.4. The minimum atomic E-state index is -1.15. The van der Waals surface area contributed by atoms with Crippen LogP contribution in [0.1, 0.15) is 60.9 Å². The Balaban J connectivity index is 1.50. The van der Waals surface area contributed by atoms with Crippen molar-refractivity contribution >= 4 is 17.6 Å². The van der Waals surface area contributed by atoms with Gasteiger partial charge in [-0.3, -0.25) is 4.90 Å². The van der Waals surface area contributed by atoms with Crippen molar-refractivity contribution in [3.63, 3.8) is 0 Å². The molecule has 1 N–H and O–H groups in total. The fourth-order valence-corrected chi connectivity index (χ4v) is 6.71. The molecule has 3 fully saturated rings. The highest BCUT2D eigenvalue weighted by molar-refractivity contribution is 5.85. The van der Waals surface area contributed by atoms with Crippen LogP contribution in [0, 0.1) is 17.6 Å². The zero-order chi connectivity index (χ0) is 22.2. The first-order valence-corrected chi connectivity index (χ1v) is 11.3. The van der Waals surface area contributed by atoms with Crippen molar-refractivity contribution in [1.82, 2.24) is 4.90 Å². The molecule has 1 heterocycles. The first kappa shape index (κ1) is 19.9. The van der Waals surface area contributed by atoms with E-state index in [2.05, 4.69) is 24.0 Å². The summed E-state index contributed by atoms with van der Waals surface area (Å²) in [5, 5.41) is 8.86. The second-order valence-corrected chi connectivity index (χ2v) is 9.97. The molecule has 2 aromatic carbocycles. The van der Waals surface area contributed by atoms with E-state index in [1.54, 1.807) is 0 Å². The Morgan fingerprint density at radius 1 is 1.16 bits per heavy atom. The molecule has 0 unspecified atom stereocenters. The molecule has 5 heteroatoms. The molecule has 7 rings (SSSR count). The molecule has 1 aliphatic heterocycles. The smallest absolute Gasteiger partial charge is 0.328 e. The Hall–Kier alpha value is -2.79. The van der Waals surface area contributed by atoms with Crippen molar-refractivity contribution in [3.05, 3.63) is 81.9 Å². The van der Waals surface area contributed by atoms with Crippen LogP contribution in [0.4, 0.5) is 8.78 Å². The molecule has 164 valence electrons. The molecule has 0 radical (unpaired) electrons. The van der Waals surface area contributed by atoms with E-state index < -0.39 is 23.6 Å². The average molecular weight is 433 g/mol. The van der Waals surface area contributed by atoms with Gasteiger partial charge in [-0.15, -0.1) is 0 Å². The molecule has 0 aromatic heterocycles. The van der Waals surface area contributed by atoms with Crippen molar-refractivity contribution in [1.29, 1.82) is 0 Å². The number of aliphatic carboxylic acids is 1. The van der Waals surface area contributed by atoms with E-state index >= 15 is 8.78 Å². The summed E-state index contributed by atoms with van der Waals surface area (Å²) in [5.74, 6) is -1.59. The van der Waals surface area contributed by atoms with Gasteiger partial charge >= 0.3 is 5.97 Å². The number of fused-ring (bicyclic) bond motifs is 2. The number of carboxylic acids is 1. The SMILES string of the molecule is C[C@@H]1CC2=C(Cc3ccccc32)[C@H](c2c(F)cc(/C=C/C(=O)O)cc2F)N1C12CC(C1)C2. The molecule has 3 nitrogen and oxygen atoms in total. The van der Waals surface area contributed by atoms with Gasteiger partial charge in [0.25, 0.3) is 0 Å². The highest BCUT2D eigenvalue weighted by atomic mass is 19.1. The lowest BCUT2D eigenvalue weighted by molar-refractivity contribution is -0.173. The van der Waals surface area contributed by atoms with Crippen LogP contribution in [0.25, 0.3) is 11.6 Å². The van der Waals surface area contributed by atoms with E-state index in [1.807, 2.05) is 12.1 Å². The minimum absolute atomic E-state index is 0.0583.